The van der Waals surface area contributed by atoms with Gasteiger partial charge < -0.3 is 9.84 Å². The molecule has 0 aliphatic heterocycles. The molecule has 0 radical (unpaired) electrons. The number of aromatic nitrogens is 4. The van der Waals surface area contributed by atoms with Gasteiger partial charge in [-0.2, -0.15) is 5.10 Å². The number of hydrogen-bond donors (Lipinski definition) is 2. The van der Waals surface area contributed by atoms with Crippen LogP contribution in [0.1, 0.15) is 23.7 Å². The second kappa shape index (κ2) is 6.79. The van der Waals surface area contributed by atoms with Crippen LogP contribution >= 0.6 is 12.2 Å². The zero-order chi connectivity index (χ0) is 17.1. The van der Waals surface area contributed by atoms with Gasteiger partial charge in [-0.25, -0.2) is 0 Å². The van der Waals surface area contributed by atoms with E-state index in [1.54, 1.807) is 13.8 Å². The number of hydrogen-bond acceptors (Lipinski definition) is 5. The van der Waals surface area contributed by atoms with Crippen molar-refractivity contribution in [3.63, 3.8) is 0 Å². The first kappa shape index (κ1) is 16.1. The Kier molecular flexibility index (Phi) is 4.57. The minimum absolute atomic E-state index is 0.127. The van der Waals surface area contributed by atoms with Crippen LogP contribution in [0.3, 0.4) is 0 Å². The van der Waals surface area contributed by atoms with Gasteiger partial charge in [0.1, 0.15) is 17.2 Å². The van der Waals surface area contributed by atoms with Crippen LogP contribution in [0.5, 0.6) is 0 Å². The van der Waals surface area contributed by atoms with Crippen molar-refractivity contribution < 1.29 is 9.32 Å². The van der Waals surface area contributed by atoms with Crippen molar-refractivity contribution in [3.05, 3.63) is 52.4 Å². The van der Waals surface area contributed by atoms with E-state index in [0.717, 1.165) is 5.69 Å². The lowest BCUT2D eigenvalue weighted by atomic mass is 10.2. The summed E-state index contributed by atoms with van der Waals surface area (Å²) in [4.78, 5) is 12.2. The Morgan fingerprint density at radius 1 is 1.33 bits per heavy atom. The minimum atomic E-state index is -0.127. The summed E-state index contributed by atoms with van der Waals surface area (Å²) in [6.07, 6.45) is 0.730. The highest BCUT2D eigenvalue weighted by molar-refractivity contribution is 7.71. The number of aryl methyl sites for hydroxylation is 3. The van der Waals surface area contributed by atoms with E-state index in [9.17, 15) is 4.79 Å². The average molecular weight is 343 g/mol. The van der Waals surface area contributed by atoms with Gasteiger partial charge in [-0.15, -0.1) is 0 Å². The summed E-state index contributed by atoms with van der Waals surface area (Å²) in [5, 5.41) is 13.7. The zero-order valence-corrected chi connectivity index (χ0v) is 14.2. The molecule has 0 aliphatic carbocycles. The molecule has 0 aliphatic rings. The molecule has 3 aromatic rings. The van der Waals surface area contributed by atoms with Crippen LogP contribution in [0.4, 0.5) is 5.69 Å². The predicted octanol–water partition coefficient (Wildman–Crippen LogP) is 3.11. The third kappa shape index (κ3) is 3.28. The topological polar surface area (TPSA) is 88.7 Å². The molecule has 0 unspecified atom stereocenters. The van der Waals surface area contributed by atoms with Gasteiger partial charge in [0, 0.05) is 18.5 Å². The van der Waals surface area contributed by atoms with Crippen molar-refractivity contribution in [2.45, 2.75) is 26.7 Å². The molecule has 2 aromatic heterocycles. The van der Waals surface area contributed by atoms with E-state index >= 15 is 0 Å². The van der Waals surface area contributed by atoms with E-state index in [0.29, 0.717) is 34.2 Å². The Morgan fingerprint density at radius 3 is 2.75 bits per heavy atom. The molecule has 0 saturated carbocycles. The number of nitrogens with zero attached hydrogens (tertiary/aromatic N) is 3. The average Bonchev–Trinajstić information content (AvgIpc) is 3.10. The summed E-state index contributed by atoms with van der Waals surface area (Å²) in [6, 6.07) is 9.68. The first-order chi connectivity index (χ1) is 11.6. The van der Waals surface area contributed by atoms with E-state index in [1.807, 2.05) is 34.9 Å². The number of carbonyl (C=O) groups is 1. The van der Waals surface area contributed by atoms with Gasteiger partial charge >= 0.3 is 0 Å². The van der Waals surface area contributed by atoms with Gasteiger partial charge in [-0.1, -0.05) is 23.4 Å². The van der Waals surface area contributed by atoms with Crippen LogP contribution in [0.2, 0.25) is 0 Å². The minimum Gasteiger partial charge on any atom is -0.359 e. The van der Waals surface area contributed by atoms with E-state index in [2.05, 4.69) is 20.7 Å². The Balaban J connectivity index is 1.72. The molecular weight excluding hydrogens is 326 g/mol. The molecule has 0 saturated heterocycles. The molecule has 1 amide bonds. The van der Waals surface area contributed by atoms with Crippen molar-refractivity contribution in [1.29, 1.82) is 0 Å². The highest BCUT2D eigenvalue weighted by atomic mass is 32.1. The molecule has 124 valence electrons. The van der Waals surface area contributed by atoms with Crippen molar-refractivity contribution in [2.24, 2.45) is 0 Å². The summed E-state index contributed by atoms with van der Waals surface area (Å²) in [5.74, 6) is 1.17. The molecule has 0 bridgehead atoms. The Bertz CT molecular complexity index is 891. The van der Waals surface area contributed by atoms with Gasteiger partial charge in [0.25, 0.3) is 0 Å². The number of aromatic amines is 1. The Morgan fingerprint density at radius 2 is 2.08 bits per heavy atom. The van der Waals surface area contributed by atoms with Crippen LogP contribution in [-0.2, 0) is 11.2 Å². The second-order valence-electron chi connectivity index (χ2n) is 5.36. The highest BCUT2D eigenvalue weighted by Crippen LogP contribution is 2.19. The van der Waals surface area contributed by atoms with Crippen molar-refractivity contribution in [3.8, 4) is 5.69 Å². The Hall–Kier alpha value is -2.74. The predicted molar refractivity (Wildman–Crippen MR) is 91.7 cm³/mol. The van der Waals surface area contributed by atoms with E-state index in [1.165, 1.54) is 0 Å². The van der Waals surface area contributed by atoms with E-state index < -0.39 is 0 Å². The molecule has 7 nitrogen and oxygen atoms in total. The third-order valence-electron chi connectivity index (χ3n) is 3.63. The smallest absolute Gasteiger partial charge is 0.224 e. The zero-order valence-electron chi connectivity index (χ0n) is 13.4. The van der Waals surface area contributed by atoms with Crippen LogP contribution < -0.4 is 5.32 Å². The van der Waals surface area contributed by atoms with E-state index in [-0.39, 0.29) is 12.3 Å². The molecule has 2 N–H and O–H groups in total. The van der Waals surface area contributed by atoms with Crippen molar-refractivity contribution in [1.82, 2.24) is 19.9 Å². The van der Waals surface area contributed by atoms with Gasteiger partial charge in [0.2, 0.25) is 5.91 Å². The summed E-state index contributed by atoms with van der Waals surface area (Å²) in [5.41, 5.74) is 2.20. The number of nitrogens with one attached hydrogen (secondary N) is 2. The number of anilines is 1. The maximum absolute atomic E-state index is 12.2. The second-order valence-corrected chi connectivity index (χ2v) is 5.75. The van der Waals surface area contributed by atoms with Gasteiger partial charge in [-0.05, 0) is 38.2 Å². The van der Waals surface area contributed by atoms with Gasteiger partial charge in [0.15, 0.2) is 10.5 Å². The number of benzene rings is 1. The first-order valence-corrected chi connectivity index (χ1v) is 7.91. The summed E-state index contributed by atoms with van der Waals surface area (Å²) >= 11 is 5.29. The fraction of sp³-hybridized carbons (Fsp3) is 0.250. The molecule has 8 heteroatoms. The monoisotopic (exact) mass is 343 g/mol. The van der Waals surface area contributed by atoms with Crippen LogP contribution in [0.15, 0.2) is 34.9 Å². The number of para-hydroxylation sites is 1. The largest absolute Gasteiger partial charge is 0.359 e. The molecule has 2 heterocycles. The van der Waals surface area contributed by atoms with Crippen molar-refractivity contribution >= 4 is 23.8 Å². The summed E-state index contributed by atoms with van der Waals surface area (Å²) < 4.78 is 7.37. The Labute approximate surface area is 143 Å². The lowest BCUT2D eigenvalue weighted by molar-refractivity contribution is -0.116. The van der Waals surface area contributed by atoms with Crippen LogP contribution in [-0.4, -0.2) is 25.8 Å². The normalized spacial score (nSPS) is 10.8. The summed E-state index contributed by atoms with van der Waals surface area (Å²) in [6.45, 7) is 3.54. The van der Waals surface area contributed by atoms with Crippen molar-refractivity contribution in [2.75, 3.05) is 5.32 Å². The number of amides is 1. The molecule has 24 heavy (non-hydrogen) atoms. The molecule has 0 atom stereocenters. The van der Waals surface area contributed by atoms with Gasteiger partial charge in [-0.3, -0.25) is 14.5 Å². The fourth-order valence-electron chi connectivity index (χ4n) is 2.43. The molecular formula is C16H17N5O2S. The maximum Gasteiger partial charge on any atom is 0.224 e. The van der Waals surface area contributed by atoms with Crippen LogP contribution in [0.25, 0.3) is 5.69 Å². The SMILES string of the molecule is Cc1noc(C)c1NC(=O)CCc1n[nH]c(=S)n1-c1ccccc1. The van der Waals surface area contributed by atoms with E-state index in [4.69, 9.17) is 16.7 Å². The quantitative estimate of drug-likeness (QED) is 0.695. The molecule has 1 aromatic carbocycles. The number of rotatable bonds is 5. The third-order valence-corrected chi connectivity index (χ3v) is 3.90. The molecule has 0 fully saturated rings. The molecule has 0 spiro atoms. The summed E-state index contributed by atoms with van der Waals surface area (Å²) in [7, 11) is 0. The number of carbonyl (C=O) groups excluding carboxylic acids is 1. The van der Waals surface area contributed by atoms with Gasteiger partial charge in [0.05, 0.1) is 0 Å². The maximum atomic E-state index is 12.2. The lowest BCUT2D eigenvalue weighted by Gasteiger charge is -2.07. The first-order valence-electron chi connectivity index (χ1n) is 7.50. The number of H-pyrrole nitrogens is 1. The standard InChI is InChI=1S/C16H17N5O2S/c1-10-15(11(2)23-20-10)17-14(22)9-8-13-18-19-16(24)21(13)12-6-4-3-5-7-12/h3-7H,8-9H2,1-2H3,(H,17,22)(H,19,24). The fourth-order valence-corrected chi connectivity index (χ4v) is 2.69. The molecule has 3 rings (SSSR count). The highest BCUT2D eigenvalue weighted by Gasteiger charge is 2.14. The van der Waals surface area contributed by atoms with Crippen LogP contribution in [0, 0.1) is 18.6 Å². The lowest BCUT2D eigenvalue weighted by Crippen LogP contribution is -2.14.